The van der Waals surface area contributed by atoms with Gasteiger partial charge >= 0.3 is 0 Å². The first kappa shape index (κ1) is 11.8. The van der Waals surface area contributed by atoms with Crippen molar-refractivity contribution in [3.8, 4) is 6.07 Å². The normalized spacial score (nSPS) is 41.6. The van der Waals surface area contributed by atoms with E-state index in [1.54, 1.807) is 6.08 Å². The number of nitrogens with zero attached hydrogens (tertiary/aromatic N) is 1. The lowest BCUT2D eigenvalue weighted by molar-refractivity contribution is -0.0497. The van der Waals surface area contributed by atoms with Crippen LogP contribution >= 0.6 is 0 Å². The topological polar surface area (TPSA) is 35.8 Å². The average Bonchev–Trinajstić information content (AvgIpc) is 2.32. The van der Waals surface area contributed by atoms with Crippen LogP contribution in [0.5, 0.6) is 0 Å². The van der Waals surface area contributed by atoms with E-state index < -0.39 is 0 Å². The Morgan fingerprint density at radius 1 is 1.06 bits per heavy atom. The molecule has 4 bridgehead atoms. The Hall–Kier alpha value is -1.23. The maximum absolute atomic E-state index is 8.39. The van der Waals surface area contributed by atoms with E-state index in [2.05, 4.69) is 5.32 Å². The third-order valence-electron chi connectivity index (χ3n) is 5.14. The SMILES string of the molecule is N#C/C=C\C=C/NCC12CC3CC(CC(C3)C1)C2. The number of hydrogen-bond donors (Lipinski definition) is 1. The van der Waals surface area contributed by atoms with Gasteiger partial charge in [-0.3, -0.25) is 0 Å². The Bertz CT molecular complexity index is 365. The van der Waals surface area contributed by atoms with Crippen LogP contribution < -0.4 is 5.32 Å². The van der Waals surface area contributed by atoms with Gasteiger partial charge in [0.05, 0.1) is 6.07 Å². The Kier molecular flexibility index (Phi) is 3.16. The maximum atomic E-state index is 8.39. The van der Waals surface area contributed by atoms with Crippen molar-refractivity contribution < 1.29 is 0 Å². The van der Waals surface area contributed by atoms with Crippen LogP contribution in [-0.4, -0.2) is 6.54 Å². The van der Waals surface area contributed by atoms with Gasteiger partial charge in [0.25, 0.3) is 0 Å². The second kappa shape index (κ2) is 4.80. The van der Waals surface area contributed by atoms with Gasteiger partial charge in [0.1, 0.15) is 0 Å². The molecule has 0 aliphatic heterocycles. The van der Waals surface area contributed by atoms with Crippen LogP contribution in [0, 0.1) is 34.5 Å². The molecule has 1 N–H and O–H groups in total. The van der Waals surface area contributed by atoms with E-state index in [1.165, 1.54) is 44.6 Å². The minimum Gasteiger partial charge on any atom is -0.390 e. The summed E-state index contributed by atoms with van der Waals surface area (Å²) in [5.41, 5.74) is 0.595. The van der Waals surface area contributed by atoms with Crippen molar-refractivity contribution in [2.24, 2.45) is 23.2 Å². The highest BCUT2D eigenvalue weighted by atomic mass is 14.9. The van der Waals surface area contributed by atoms with Gasteiger partial charge in [-0.1, -0.05) is 6.08 Å². The number of nitriles is 1. The number of nitrogens with one attached hydrogen (secondary N) is 1. The highest BCUT2D eigenvalue weighted by Crippen LogP contribution is 2.59. The van der Waals surface area contributed by atoms with E-state index in [0.717, 1.165) is 24.3 Å². The largest absolute Gasteiger partial charge is 0.390 e. The molecule has 0 aromatic heterocycles. The number of allylic oxidation sites excluding steroid dienone is 3. The zero-order valence-corrected chi connectivity index (χ0v) is 10.9. The van der Waals surface area contributed by atoms with Crippen LogP contribution in [0.1, 0.15) is 38.5 Å². The van der Waals surface area contributed by atoms with Crippen molar-refractivity contribution in [2.75, 3.05) is 6.54 Å². The summed E-state index contributed by atoms with van der Waals surface area (Å²) in [6.45, 7) is 1.13. The molecule has 18 heavy (non-hydrogen) atoms. The molecule has 0 unspecified atom stereocenters. The van der Waals surface area contributed by atoms with Crippen molar-refractivity contribution in [1.82, 2.24) is 5.32 Å². The zero-order chi connectivity index (χ0) is 12.4. The minimum atomic E-state index is 0.595. The van der Waals surface area contributed by atoms with E-state index in [0.29, 0.717) is 5.41 Å². The van der Waals surface area contributed by atoms with Crippen LogP contribution in [0.2, 0.25) is 0 Å². The molecule has 0 saturated heterocycles. The second-order valence-electron chi connectivity index (χ2n) is 6.65. The molecule has 2 nitrogen and oxygen atoms in total. The number of hydrogen-bond acceptors (Lipinski definition) is 2. The fraction of sp³-hybridized carbons (Fsp3) is 0.688. The first-order valence-electron chi connectivity index (χ1n) is 7.24. The van der Waals surface area contributed by atoms with Crippen molar-refractivity contribution in [2.45, 2.75) is 38.5 Å². The first-order valence-corrected chi connectivity index (χ1v) is 7.24. The molecule has 0 aromatic carbocycles. The predicted molar refractivity (Wildman–Crippen MR) is 72.5 cm³/mol. The smallest absolute Gasteiger partial charge is 0.0912 e. The lowest BCUT2D eigenvalue weighted by Crippen LogP contribution is -2.49. The van der Waals surface area contributed by atoms with Crippen LogP contribution in [0.3, 0.4) is 0 Å². The minimum absolute atomic E-state index is 0.595. The van der Waals surface area contributed by atoms with E-state index in [4.69, 9.17) is 5.26 Å². The molecule has 0 radical (unpaired) electrons. The van der Waals surface area contributed by atoms with Crippen LogP contribution in [-0.2, 0) is 0 Å². The van der Waals surface area contributed by atoms with E-state index >= 15 is 0 Å². The van der Waals surface area contributed by atoms with E-state index in [9.17, 15) is 0 Å². The third kappa shape index (κ3) is 2.32. The molecule has 96 valence electrons. The van der Waals surface area contributed by atoms with Gasteiger partial charge < -0.3 is 5.32 Å². The van der Waals surface area contributed by atoms with E-state index in [1.807, 2.05) is 18.3 Å². The van der Waals surface area contributed by atoms with Gasteiger partial charge in [-0.25, -0.2) is 0 Å². The lowest BCUT2D eigenvalue weighted by atomic mass is 9.49. The Labute approximate surface area is 110 Å². The summed E-state index contributed by atoms with van der Waals surface area (Å²) in [6.07, 6.45) is 16.1. The van der Waals surface area contributed by atoms with Crippen LogP contribution in [0.15, 0.2) is 24.4 Å². The highest BCUT2D eigenvalue weighted by molar-refractivity contribution is 5.11. The van der Waals surface area contributed by atoms with Crippen molar-refractivity contribution in [1.29, 1.82) is 5.26 Å². The molecule has 4 rings (SSSR count). The molecular formula is C16H22N2. The van der Waals surface area contributed by atoms with Crippen LogP contribution in [0.4, 0.5) is 0 Å². The lowest BCUT2D eigenvalue weighted by Gasteiger charge is -2.56. The Morgan fingerprint density at radius 3 is 2.22 bits per heavy atom. The summed E-state index contributed by atoms with van der Waals surface area (Å²) in [7, 11) is 0. The highest BCUT2D eigenvalue weighted by Gasteiger charge is 2.50. The average molecular weight is 242 g/mol. The quantitative estimate of drug-likeness (QED) is 0.606. The fourth-order valence-electron chi connectivity index (χ4n) is 5.00. The summed E-state index contributed by atoms with van der Waals surface area (Å²) in [5.74, 6) is 3.08. The molecule has 4 saturated carbocycles. The van der Waals surface area contributed by atoms with Gasteiger partial charge in [0.2, 0.25) is 0 Å². The molecule has 4 fully saturated rings. The predicted octanol–water partition coefficient (Wildman–Crippen LogP) is 3.39. The van der Waals surface area contributed by atoms with Gasteiger partial charge in [0.15, 0.2) is 0 Å². The molecule has 0 heterocycles. The maximum Gasteiger partial charge on any atom is 0.0912 e. The molecule has 4 aliphatic rings. The Morgan fingerprint density at radius 2 is 1.67 bits per heavy atom. The van der Waals surface area contributed by atoms with Gasteiger partial charge in [-0.15, -0.1) is 0 Å². The third-order valence-corrected chi connectivity index (χ3v) is 5.14. The van der Waals surface area contributed by atoms with Gasteiger partial charge in [0, 0.05) is 12.6 Å². The first-order chi connectivity index (χ1) is 8.80. The monoisotopic (exact) mass is 242 g/mol. The molecule has 0 spiro atoms. The summed E-state index contributed by atoms with van der Waals surface area (Å²) in [6, 6.07) is 1.99. The fourth-order valence-corrected chi connectivity index (χ4v) is 5.00. The molecule has 0 amide bonds. The summed E-state index contributed by atoms with van der Waals surface area (Å²) < 4.78 is 0. The van der Waals surface area contributed by atoms with E-state index in [-0.39, 0.29) is 0 Å². The molecule has 0 aromatic rings. The Balaban J connectivity index is 1.55. The van der Waals surface area contributed by atoms with Crippen molar-refractivity contribution in [3.05, 3.63) is 24.4 Å². The zero-order valence-electron chi connectivity index (χ0n) is 10.9. The van der Waals surface area contributed by atoms with Crippen molar-refractivity contribution in [3.63, 3.8) is 0 Å². The van der Waals surface area contributed by atoms with Gasteiger partial charge in [-0.2, -0.15) is 5.26 Å². The molecule has 0 atom stereocenters. The standard InChI is InChI=1S/C16H22N2/c17-4-2-1-3-5-18-12-16-9-13-6-14(10-16)8-15(7-13)11-16/h1-3,5,13-15,18H,6-12H2/b2-1-,5-3-. The molecular weight excluding hydrogens is 220 g/mol. The second-order valence-corrected chi connectivity index (χ2v) is 6.65. The molecule has 2 heteroatoms. The van der Waals surface area contributed by atoms with Gasteiger partial charge in [-0.05, 0) is 74.0 Å². The summed E-state index contributed by atoms with van der Waals surface area (Å²) >= 11 is 0. The molecule has 4 aliphatic carbocycles. The summed E-state index contributed by atoms with van der Waals surface area (Å²) in [5, 5.41) is 11.8. The number of rotatable bonds is 4. The summed E-state index contributed by atoms with van der Waals surface area (Å²) in [4.78, 5) is 0. The van der Waals surface area contributed by atoms with Crippen molar-refractivity contribution >= 4 is 0 Å². The van der Waals surface area contributed by atoms with Crippen LogP contribution in [0.25, 0.3) is 0 Å².